The van der Waals surface area contributed by atoms with E-state index in [1.54, 1.807) is 5.57 Å². The lowest BCUT2D eigenvalue weighted by atomic mass is 9.88. The van der Waals surface area contributed by atoms with Crippen LogP contribution < -0.4 is 0 Å². The summed E-state index contributed by atoms with van der Waals surface area (Å²) in [6, 6.07) is 0. The van der Waals surface area contributed by atoms with Crippen LogP contribution in [0.1, 0.15) is 66.7 Å². The zero-order valence-corrected chi connectivity index (χ0v) is 14.1. The highest BCUT2D eigenvalue weighted by molar-refractivity contribution is 5.19. The molecular formula is C20H32. The first kappa shape index (κ1) is 17.0. The van der Waals surface area contributed by atoms with Gasteiger partial charge in [-0.3, -0.25) is 0 Å². The highest BCUT2D eigenvalue weighted by Gasteiger charge is 2.09. The minimum Gasteiger partial charge on any atom is -0.0853 e. The highest BCUT2D eigenvalue weighted by Crippen LogP contribution is 2.23. The average molecular weight is 272 g/mol. The monoisotopic (exact) mass is 272 g/mol. The predicted octanol–water partition coefficient (Wildman–Crippen LogP) is 6.62. The minimum atomic E-state index is 0.696. The SMILES string of the molecule is CC1=CCC=C(C)CCC=C(C)CC[C@@H](C(C)C)C=C1. The molecule has 0 amide bonds. The van der Waals surface area contributed by atoms with Crippen molar-refractivity contribution >= 4 is 0 Å². The molecule has 0 unspecified atom stereocenters. The van der Waals surface area contributed by atoms with Crippen molar-refractivity contribution in [3.8, 4) is 0 Å². The van der Waals surface area contributed by atoms with Crippen molar-refractivity contribution in [2.24, 2.45) is 11.8 Å². The maximum absolute atomic E-state index is 2.44. The normalized spacial score (nSPS) is 22.9. The largest absolute Gasteiger partial charge is 0.0853 e. The quantitative estimate of drug-likeness (QED) is 0.471. The smallest absolute Gasteiger partial charge is 0.0161 e. The molecule has 0 heteroatoms. The molecule has 0 saturated carbocycles. The van der Waals surface area contributed by atoms with Crippen LogP contribution in [0.4, 0.5) is 0 Å². The molecule has 1 atom stereocenters. The Morgan fingerprint density at radius 1 is 0.950 bits per heavy atom. The van der Waals surface area contributed by atoms with Gasteiger partial charge in [0.25, 0.3) is 0 Å². The molecule has 0 nitrogen and oxygen atoms in total. The summed E-state index contributed by atoms with van der Waals surface area (Å²) in [6.07, 6.45) is 17.9. The van der Waals surface area contributed by atoms with Crippen LogP contribution in [0.15, 0.2) is 47.1 Å². The van der Waals surface area contributed by atoms with Crippen LogP contribution in [0, 0.1) is 11.8 Å². The van der Waals surface area contributed by atoms with E-state index in [0.29, 0.717) is 5.92 Å². The topological polar surface area (TPSA) is 0 Å². The molecule has 0 fully saturated rings. The summed E-state index contributed by atoms with van der Waals surface area (Å²) in [5, 5.41) is 0. The Labute approximate surface area is 126 Å². The van der Waals surface area contributed by atoms with Crippen LogP contribution in [0.5, 0.6) is 0 Å². The predicted molar refractivity (Wildman–Crippen MR) is 91.8 cm³/mol. The van der Waals surface area contributed by atoms with Gasteiger partial charge < -0.3 is 0 Å². The Bertz CT molecular complexity index is 402. The lowest BCUT2D eigenvalue weighted by molar-refractivity contribution is 0.435. The van der Waals surface area contributed by atoms with Crippen molar-refractivity contribution in [1.82, 2.24) is 0 Å². The molecule has 0 bridgehead atoms. The van der Waals surface area contributed by atoms with Crippen LogP contribution in [0.25, 0.3) is 0 Å². The molecule has 0 N–H and O–H groups in total. The Hall–Kier alpha value is -1.04. The molecule has 1 aliphatic carbocycles. The van der Waals surface area contributed by atoms with Crippen LogP contribution in [0.3, 0.4) is 0 Å². The maximum Gasteiger partial charge on any atom is -0.0161 e. The van der Waals surface area contributed by atoms with E-state index in [4.69, 9.17) is 0 Å². The summed E-state index contributed by atoms with van der Waals surface area (Å²) >= 11 is 0. The van der Waals surface area contributed by atoms with E-state index in [9.17, 15) is 0 Å². The first-order valence-electron chi connectivity index (χ1n) is 8.15. The molecule has 1 aliphatic rings. The molecule has 20 heavy (non-hydrogen) atoms. The highest BCUT2D eigenvalue weighted by atomic mass is 14.1. The van der Waals surface area contributed by atoms with Crippen molar-refractivity contribution in [2.45, 2.75) is 66.7 Å². The minimum absolute atomic E-state index is 0.696. The van der Waals surface area contributed by atoms with Gasteiger partial charge in [0.05, 0.1) is 0 Å². The van der Waals surface area contributed by atoms with Crippen molar-refractivity contribution < 1.29 is 0 Å². The van der Waals surface area contributed by atoms with Gasteiger partial charge in [0, 0.05) is 0 Å². The van der Waals surface area contributed by atoms with Gasteiger partial charge in [-0.15, -0.1) is 0 Å². The van der Waals surface area contributed by atoms with Gasteiger partial charge in [0.1, 0.15) is 0 Å². The molecule has 0 aromatic carbocycles. The summed E-state index contributed by atoms with van der Waals surface area (Å²) in [6.45, 7) is 11.4. The van der Waals surface area contributed by atoms with E-state index in [-0.39, 0.29) is 0 Å². The Kier molecular flexibility index (Phi) is 7.65. The van der Waals surface area contributed by atoms with Crippen LogP contribution >= 0.6 is 0 Å². The first-order chi connectivity index (χ1) is 9.49. The second-order valence-corrected chi connectivity index (χ2v) is 6.63. The second kappa shape index (κ2) is 9.00. The van der Waals surface area contributed by atoms with E-state index >= 15 is 0 Å². The maximum atomic E-state index is 2.44. The van der Waals surface area contributed by atoms with Gasteiger partial charge >= 0.3 is 0 Å². The molecular weight excluding hydrogens is 240 g/mol. The molecule has 112 valence electrons. The van der Waals surface area contributed by atoms with E-state index < -0.39 is 0 Å². The number of rotatable bonds is 1. The third kappa shape index (κ3) is 6.93. The van der Waals surface area contributed by atoms with Gasteiger partial charge in [0.15, 0.2) is 0 Å². The van der Waals surface area contributed by atoms with Crippen LogP contribution in [0.2, 0.25) is 0 Å². The lowest BCUT2D eigenvalue weighted by Crippen LogP contribution is -2.05. The van der Waals surface area contributed by atoms with Crippen LogP contribution in [-0.4, -0.2) is 0 Å². The zero-order chi connectivity index (χ0) is 15.0. The summed E-state index contributed by atoms with van der Waals surface area (Å²) in [5.41, 5.74) is 4.46. The van der Waals surface area contributed by atoms with Crippen molar-refractivity contribution in [1.29, 1.82) is 0 Å². The molecule has 0 aliphatic heterocycles. The standard InChI is InChI=1S/C20H32/c1-16(2)20-14-12-18(4)10-6-8-17(3)9-7-11-19(5)13-15-20/h8,10-12,14,16,20H,6-7,9,13,15H2,1-5H3/t20-/m0/s1. The number of hydrogen-bond acceptors (Lipinski definition) is 0. The summed E-state index contributed by atoms with van der Waals surface area (Å²) in [5.74, 6) is 1.42. The lowest BCUT2D eigenvalue weighted by Gasteiger charge is -2.17. The summed E-state index contributed by atoms with van der Waals surface area (Å²) in [7, 11) is 0. The van der Waals surface area contributed by atoms with E-state index in [1.165, 1.54) is 36.8 Å². The third-order valence-electron chi connectivity index (χ3n) is 4.27. The van der Waals surface area contributed by atoms with E-state index in [0.717, 1.165) is 12.3 Å². The molecule has 0 heterocycles. The molecule has 0 aromatic heterocycles. The summed E-state index contributed by atoms with van der Waals surface area (Å²) in [4.78, 5) is 0. The first-order valence-corrected chi connectivity index (χ1v) is 8.15. The van der Waals surface area contributed by atoms with Gasteiger partial charge in [-0.05, 0) is 64.7 Å². The van der Waals surface area contributed by atoms with Gasteiger partial charge in [-0.1, -0.05) is 60.9 Å². The molecule has 0 saturated heterocycles. The Morgan fingerprint density at radius 3 is 2.35 bits per heavy atom. The second-order valence-electron chi connectivity index (χ2n) is 6.63. The van der Waals surface area contributed by atoms with Crippen molar-refractivity contribution in [3.05, 3.63) is 47.1 Å². The Balaban J connectivity index is 2.85. The fourth-order valence-electron chi connectivity index (χ4n) is 2.59. The third-order valence-corrected chi connectivity index (χ3v) is 4.27. The van der Waals surface area contributed by atoms with Gasteiger partial charge in [-0.2, -0.15) is 0 Å². The summed E-state index contributed by atoms with van der Waals surface area (Å²) < 4.78 is 0. The number of allylic oxidation sites excluding steroid dienone is 8. The molecule has 0 spiro atoms. The fourth-order valence-corrected chi connectivity index (χ4v) is 2.59. The number of hydrogen-bond donors (Lipinski definition) is 0. The van der Waals surface area contributed by atoms with E-state index in [1.807, 2.05) is 0 Å². The molecule has 0 radical (unpaired) electrons. The fraction of sp³-hybridized carbons (Fsp3) is 0.600. The zero-order valence-electron chi connectivity index (χ0n) is 14.1. The van der Waals surface area contributed by atoms with Crippen molar-refractivity contribution in [2.75, 3.05) is 0 Å². The van der Waals surface area contributed by atoms with Crippen LogP contribution in [-0.2, 0) is 0 Å². The van der Waals surface area contributed by atoms with Gasteiger partial charge in [0.2, 0.25) is 0 Å². The van der Waals surface area contributed by atoms with Crippen molar-refractivity contribution in [3.63, 3.8) is 0 Å². The van der Waals surface area contributed by atoms with Gasteiger partial charge in [-0.25, -0.2) is 0 Å². The molecule has 1 rings (SSSR count). The Morgan fingerprint density at radius 2 is 1.65 bits per heavy atom. The average Bonchev–Trinajstić information content (AvgIpc) is 2.37. The molecule has 0 aromatic rings. The van der Waals surface area contributed by atoms with E-state index in [2.05, 4.69) is 65.0 Å².